The second-order valence-electron chi connectivity index (χ2n) is 7.94. The van der Waals surface area contributed by atoms with E-state index in [1.54, 1.807) is 0 Å². The molecule has 1 aromatic carbocycles. The fraction of sp³-hybridized carbons (Fsp3) is 0.391. The topological polar surface area (TPSA) is 40.9 Å². The number of carbonyl (C=O) groups excluding carboxylic acids is 1. The van der Waals surface area contributed by atoms with E-state index < -0.39 is 0 Å². The lowest BCUT2D eigenvalue weighted by Gasteiger charge is -2.36. The first-order valence-electron chi connectivity index (χ1n) is 10.4. The van der Waals surface area contributed by atoms with Crippen molar-refractivity contribution in [2.24, 2.45) is 0 Å². The fourth-order valence-corrected chi connectivity index (χ4v) is 4.59. The maximum Gasteiger partial charge on any atom is 0.255 e. The number of amides is 1. The molecule has 0 saturated carbocycles. The lowest BCUT2D eigenvalue weighted by Crippen LogP contribution is -2.45. The van der Waals surface area contributed by atoms with Gasteiger partial charge in [0.25, 0.3) is 5.91 Å². The van der Waals surface area contributed by atoms with Crippen LogP contribution < -0.4 is 0 Å². The van der Waals surface area contributed by atoms with E-state index in [0.717, 1.165) is 48.4 Å². The Kier molecular flexibility index (Phi) is 4.61. The number of hydrogen-bond acceptors (Lipinski definition) is 3. The number of carbonyl (C=O) groups is 1. The molecular formula is C23H26N4O. The average molecular weight is 374 g/mol. The van der Waals surface area contributed by atoms with E-state index >= 15 is 0 Å². The number of imidazole rings is 1. The van der Waals surface area contributed by atoms with E-state index in [4.69, 9.17) is 0 Å². The van der Waals surface area contributed by atoms with Crippen LogP contribution in [0, 0.1) is 0 Å². The highest BCUT2D eigenvalue weighted by Gasteiger charge is 2.28. The highest BCUT2D eigenvalue weighted by molar-refractivity contribution is 5.94. The second-order valence-corrected chi connectivity index (χ2v) is 7.94. The van der Waals surface area contributed by atoms with Crippen molar-refractivity contribution in [1.29, 1.82) is 0 Å². The molecule has 0 unspecified atom stereocenters. The monoisotopic (exact) mass is 374 g/mol. The Morgan fingerprint density at radius 2 is 1.64 bits per heavy atom. The van der Waals surface area contributed by atoms with E-state index in [2.05, 4.69) is 22.0 Å². The summed E-state index contributed by atoms with van der Waals surface area (Å²) in [5.41, 5.74) is 3.62. The van der Waals surface area contributed by atoms with Crippen LogP contribution in [0.2, 0.25) is 0 Å². The van der Waals surface area contributed by atoms with Crippen LogP contribution in [0.1, 0.15) is 36.0 Å². The van der Waals surface area contributed by atoms with Gasteiger partial charge in [-0.05, 0) is 50.9 Å². The summed E-state index contributed by atoms with van der Waals surface area (Å²) in [5.74, 6) is 0.136. The molecule has 2 aromatic heterocycles. The summed E-state index contributed by atoms with van der Waals surface area (Å²) in [6, 6.07) is 14.7. The SMILES string of the molecule is O=C(c1ccc2nc(-c3ccccc3)cn2c1)N1CCC(N2CCCC2)CC1. The third-order valence-electron chi connectivity index (χ3n) is 6.18. The highest BCUT2D eigenvalue weighted by Crippen LogP contribution is 2.23. The van der Waals surface area contributed by atoms with E-state index in [0.29, 0.717) is 6.04 Å². The Hall–Kier alpha value is -2.66. The van der Waals surface area contributed by atoms with Gasteiger partial charge < -0.3 is 14.2 Å². The van der Waals surface area contributed by atoms with Gasteiger partial charge in [0.2, 0.25) is 0 Å². The molecule has 5 rings (SSSR count). The number of hydrogen-bond donors (Lipinski definition) is 0. The average Bonchev–Trinajstić information content (AvgIpc) is 3.43. The van der Waals surface area contributed by atoms with Crippen LogP contribution in [-0.2, 0) is 0 Å². The minimum atomic E-state index is 0.136. The Bertz CT molecular complexity index is 967. The Morgan fingerprint density at radius 1 is 0.893 bits per heavy atom. The van der Waals surface area contributed by atoms with Gasteiger partial charge in [-0.25, -0.2) is 4.98 Å². The van der Waals surface area contributed by atoms with Gasteiger partial charge in [-0.2, -0.15) is 0 Å². The molecule has 2 fully saturated rings. The summed E-state index contributed by atoms with van der Waals surface area (Å²) in [4.78, 5) is 22.3. The predicted octanol–water partition coefficient (Wildman–Crippen LogP) is 3.70. The van der Waals surface area contributed by atoms with E-state index in [1.165, 1.54) is 25.9 Å². The van der Waals surface area contributed by atoms with Gasteiger partial charge in [-0.1, -0.05) is 30.3 Å². The van der Waals surface area contributed by atoms with Crippen LogP contribution in [0.25, 0.3) is 16.9 Å². The van der Waals surface area contributed by atoms with Crippen LogP contribution in [0.3, 0.4) is 0 Å². The molecule has 0 radical (unpaired) electrons. The molecule has 1 amide bonds. The van der Waals surface area contributed by atoms with Crippen LogP contribution in [0.15, 0.2) is 54.9 Å². The third-order valence-corrected chi connectivity index (χ3v) is 6.18. The molecular weight excluding hydrogens is 348 g/mol. The van der Waals surface area contributed by atoms with Gasteiger partial charge in [0, 0.05) is 37.1 Å². The number of rotatable bonds is 3. The van der Waals surface area contributed by atoms with Gasteiger partial charge in [-0.3, -0.25) is 4.79 Å². The van der Waals surface area contributed by atoms with Crippen molar-refractivity contribution >= 4 is 11.6 Å². The summed E-state index contributed by atoms with van der Waals surface area (Å²) in [5, 5.41) is 0. The van der Waals surface area contributed by atoms with E-state index in [-0.39, 0.29) is 5.91 Å². The van der Waals surface area contributed by atoms with Crippen molar-refractivity contribution in [3.8, 4) is 11.3 Å². The summed E-state index contributed by atoms with van der Waals surface area (Å²) >= 11 is 0. The van der Waals surface area contributed by atoms with Crippen molar-refractivity contribution in [1.82, 2.24) is 19.2 Å². The first-order chi connectivity index (χ1) is 13.8. The summed E-state index contributed by atoms with van der Waals surface area (Å²) in [6.07, 6.45) is 8.77. The summed E-state index contributed by atoms with van der Waals surface area (Å²) < 4.78 is 1.96. The van der Waals surface area contributed by atoms with Gasteiger partial charge in [0.15, 0.2) is 0 Å². The molecule has 0 spiro atoms. The number of pyridine rings is 1. The number of fused-ring (bicyclic) bond motifs is 1. The second kappa shape index (κ2) is 7.40. The molecule has 2 aliphatic heterocycles. The third kappa shape index (κ3) is 3.31. The molecule has 0 N–H and O–H groups in total. The van der Waals surface area contributed by atoms with Crippen LogP contribution in [-0.4, -0.2) is 57.3 Å². The molecule has 2 aliphatic rings. The summed E-state index contributed by atoms with van der Waals surface area (Å²) in [6.45, 7) is 4.19. The van der Waals surface area contributed by atoms with E-state index in [1.807, 2.05) is 52.0 Å². The zero-order valence-electron chi connectivity index (χ0n) is 16.1. The first-order valence-corrected chi connectivity index (χ1v) is 10.4. The molecule has 5 nitrogen and oxygen atoms in total. The maximum absolute atomic E-state index is 13.0. The Morgan fingerprint density at radius 3 is 2.39 bits per heavy atom. The van der Waals surface area contributed by atoms with Crippen molar-refractivity contribution in [2.75, 3.05) is 26.2 Å². The standard InChI is InChI=1S/C23H26N4O/c28-23(26-14-10-20(11-15-26)25-12-4-5-13-25)19-8-9-22-24-21(17-27(22)16-19)18-6-2-1-3-7-18/h1-3,6-9,16-17,20H,4-5,10-15H2. The molecule has 28 heavy (non-hydrogen) atoms. The number of benzene rings is 1. The Labute approximate surface area is 165 Å². The number of piperidine rings is 1. The minimum absolute atomic E-state index is 0.136. The largest absolute Gasteiger partial charge is 0.338 e. The van der Waals surface area contributed by atoms with E-state index in [9.17, 15) is 4.79 Å². The van der Waals surface area contributed by atoms with Crippen molar-refractivity contribution < 1.29 is 4.79 Å². The van der Waals surface area contributed by atoms with Crippen molar-refractivity contribution in [2.45, 2.75) is 31.7 Å². The van der Waals surface area contributed by atoms with Crippen LogP contribution >= 0.6 is 0 Å². The smallest absolute Gasteiger partial charge is 0.255 e. The van der Waals surface area contributed by atoms with Gasteiger partial charge in [0.1, 0.15) is 5.65 Å². The molecule has 144 valence electrons. The molecule has 4 heterocycles. The molecule has 2 saturated heterocycles. The lowest BCUT2D eigenvalue weighted by molar-refractivity contribution is 0.0644. The van der Waals surface area contributed by atoms with Crippen molar-refractivity contribution in [3.63, 3.8) is 0 Å². The lowest BCUT2D eigenvalue weighted by atomic mass is 10.0. The molecule has 0 bridgehead atoms. The normalized spacial score (nSPS) is 18.8. The molecule has 0 atom stereocenters. The molecule has 3 aromatic rings. The zero-order chi connectivity index (χ0) is 18.9. The number of nitrogens with zero attached hydrogens (tertiary/aromatic N) is 4. The zero-order valence-corrected chi connectivity index (χ0v) is 16.1. The maximum atomic E-state index is 13.0. The first kappa shape index (κ1) is 17.4. The number of aromatic nitrogens is 2. The fourth-order valence-electron chi connectivity index (χ4n) is 4.59. The molecule has 5 heteroatoms. The van der Waals surface area contributed by atoms with Gasteiger partial charge in [-0.15, -0.1) is 0 Å². The highest BCUT2D eigenvalue weighted by atomic mass is 16.2. The molecule has 0 aliphatic carbocycles. The minimum Gasteiger partial charge on any atom is -0.338 e. The van der Waals surface area contributed by atoms with Gasteiger partial charge in [0.05, 0.1) is 11.3 Å². The predicted molar refractivity (Wildman–Crippen MR) is 110 cm³/mol. The number of likely N-dealkylation sites (tertiary alicyclic amines) is 2. The van der Waals surface area contributed by atoms with Crippen LogP contribution in [0.5, 0.6) is 0 Å². The van der Waals surface area contributed by atoms with Gasteiger partial charge >= 0.3 is 0 Å². The van der Waals surface area contributed by atoms with Crippen molar-refractivity contribution in [3.05, 3.63) is 60.4 Å². The quantitative estimate of drug-likeness (QED) is 0.702. The Balaban J connectivity index is 1.31. The summed E-state index contributed by atoms with van der Waals surface area (Å²) in [7, 11) is 0. The van der Waals surface area contributed by atoms with Crippen LogP contribution in [0.4, 0.5) is 0 Å².